The van der Waals surface area contributed by atoms with E-state index < -0.39 is 5.60 Å². The maximum absolute atomic E-state index is 12.0. The summed E-state index contributed by atoms with van der Waals surface area (Å²) in [6.07, 6.45) is 9.74. The second-order valence-corrected chi connectivity index (χ2v) is 5.80. The third-order valence-electron chi connectivity index (χ3n) is 4.13. The second-order valence-electron chi connectivity index (χ2n) is 5.80. The smallest absolute Gasteiger partial charge is 0.164 e. The van der Waals surface area contributed by atoms with Gasteiger partial charge in [0.25, 0.3) is 0 Å². The number of carbonyl (C=O) groups excluding carboxylic acids is 1. The van der Waals surface area contributed by atoms with Crippen molar-refractivity contribution >= 4 is 5.78 Å². The Kier molecular flexibility index (Phi) is 6.18. The van der Waals surface area contributed by atoms with Gasteiger partial charge in [-0.05, 0) is 38.0 Å². The molecule has 0 unspecified atom stereocenters. The van der Waals surface area contributed by atoms with Gasteiger partial charge in [0.2, 0.25) is 0 Å². The van der Waals surface area contributed by atoms with Crippen molar-refractivity contribution in [2.24, 2.45) is 5.92 Å². The van der Waals surface area contributed by atoms with Gasteiger partial charge in [0, 0.05) is 6.42 Å². The summed E-state index contributed by atoms with van der Waals surface area (Å²) in [6, 6.07) is 0. The molecule has 1 aliphatic rings. The van der Waals surface area contributed by atoms with Gasteiger partial charge in [-0.1, -0.05) is 39.5 Å². The van der Waals surface area contributed by atoms with Gasteiger partial charge in [-0.25, -0.2) is 0 Å². The number of Topliss-reactive ketones (excluding diaryl/α,β-unsaturated/α-hetero) is 1. The molecule has 2 heteroatoms. The standard InChI is InChI=1S/C15H28O2/c1-3-4-5-6-7-8-14(16)15(17)11-9-13(2)10-12-15/h13,17H,3-12H2,1-2H3. The summed E-state index contributed by atoms with van der Waals surface area (Å²) in [5, 5.41) is 10.3. The molecule has 17 heavy (non-hydrogen) atoms. The van der Waals surface area contributed by atoms with Crippen molar-refractivity contribution in [3.05, 3.63) is 0 Å². The van der Waals surface area contributed by atoms with E-state index in [1.807, 2.05) is 0 Å². The van der Waals surface area contributed by atoms with E-state index in [0.29, 0.717) is 25.2 Å². The van der Waals surface area contributed by atoms with Crippen LogP contribution in [0.2, 0.25) is 0 Å². The topological polar surface area (TPSA) is 37.3 Å². The molecule has 2 nitrogen and oxygen atoms in total. The van der Waals surface area contributed by atoms with Crippen LogP contribution in [0.1, 0.15) is 78.1 Å². The van der Waals surface area contributed by atoms with E-state index >= 15 is 0 Å². The molecular weight excluding hydrogens is 212 g/mol. The third kappa shape index (κ3) is 4.79. The highest BCUT2D eigenvalue weighted by atomic mass is 16.3. The number of carbonyl (C=O) groups is 1. The molecule has 0 amide bonds. The van der Waals surface area contributed by atoms with Crippen LogP contribution in [0, 0.1) is 5.92 Å². The van der Waals surface area contributed by atoms with Crippen molar-refractivity contribution in [1.82, 2.24) is 0 Å². The quantitative estimate of drug-likeness (QED) is 0.686. The Balaban J connectivity index is 2.22. The number of unbranched alkanes of at least 4 members (excludes halogenated alkanes) is 4. The molecule has 1 fully saturated rings. The lowest BCUT2D eigenvalue weighted by Crippen LogP contribution is -2.41. The summed E-state index contributed by atoms with van der Waals surface area (Å²) >= 11 is 0. The molecule has 0 aliphatic heterocycles. The van der Waals surface area contributed by atoms with Crippen molar-refractivity contribution < 1.29 is 9.90 Å². The van der Waals surface area contributed by atoms with Gasteiger partial charge in [0.05, 0.1) is 0 Å². The maximum Gasteiger partial charge on any atom is 0.164 e. The lowest BCUT2D eigenvalue weighted by molar-refractivity contribution is -0.141. The van der Waals surface area contributed by atoms with Gasteiger partial charge in [-0.15, -0.1) is 0 Å². The molecule has 0 atom stereocenters. The molecule has 1 aliphatic carbocycles. The molecule has 1 saturated carbocycles. The Morgan fingerprint density at radius 2 is 1.76 bits per heavy atom. The minimum absolute atomic E-state index is 0.0981. The Labute approximate surface area is 106 Å². The molecule has 0 spiro atoms. The molecule has 100 valence electrons. The molecule has 0 saturated heterocycles. The Morgan fingerprint density at radius 3 is 2.35 bits per heavy atom. The van der Waals surface area contributed by atoms with Crippen LogP contribution in [0.3, 0.4) is 0 Å². The minimum atomic E-state index is -0.975. The molecule has 1 N–H and O–H groups in total. The van der Waals surface area contributed by atoms with Gasteiger partial charge in [-0.2, -0.15) is 0 Å². The Bertz CT molecular complexity index is 227. The molecular formula is C15H28O2. The SMILES string of the molecule is CCCCCCCC(=O)C1(O)CCC(C)CC1. The number of rotatable bonds is 7. The highest BCUT2D eigenvalue weighted by molar-refractivity contribution is 5.87. The number of aliphatic hydroxyl groups is 1. The summed E-state index contributed by atoms with van der Waals surface area (Å²) < 4.78 is 0. The monoisotopic (exact) mass is 240 g/mol. The summed E-state index contributed by atoms with van der Waals surface area (Å²) in [5.74, 6) is 0.772. The van der Waals surface area contributed by atoms with Crippen molar-refractivity contribution in [3.63, 3.8) is 0 Å². The van der Waals surface area contributed by atoms with Gasteiger partial charge >= 0.3 is 0 Å². The lowest BCUT2D eigenvalue weighted by atomic mass is 9.76. The first-order chi connectivity index (χ1) is 8.08. The van der Waals surface area contributed by atoms with Crippen LogP contribution in [-0.4, -0.2) is 16.5 Å². The lowest BCUT2D eigenvalue weighted by Gasteiger charge is -2.33. The van der Waals surface area contributed by atoms with Crippen LogP contribution in [0.4, 0.5) is 0 Å². The summed E-state index contributed by atoms with van der Waals surface area (Å²) in [4.78, 5) is 12.0. The first-order valence-electron chi connectivity index (χ1n) is 7.34. The molecule has 0 radical (unpaired) electrons. The van der Waals surface area contributed by atoms with E-state index in [4.69, 9.17) is 0 Å². The average Bonchev–Trinajstić information content (AvgIpc) is 2.32. The van der Waals surface area contributed by atoms with Crippen LogP contribution in [0.15, 0.2) is 0 Å². The highest BCUT2D eigenvalue weighted by Crippen LogP contribution is 2.33. The van der Waals surface area contributed by atoms with Crippen LogP contribution in [0.5, 0.6) is 0 Å². The van der Waals surface area contributed by atoms with Crippen molar-refractivity contribution in [2.75, 3.05) is 0 Å². The third-order valence-corrected chi connectivity index (χ3v) is 4.13. The summed E-state index contributed by atoms with van der Waals surface area (Å²) in [5.41, 5.74) is -0.975. The average molecular weight is 240 g/mol. The zero-order valence-corrected chi connectivity index (χ0v) is 11.5. The Morgan fingerprint density at radius 1 is 1.18 bits per heavy atom. The molecule has 0 bridgehead atoms. The van der Waals surface area contributed by atoms with Crippen LogP contribution < -0.4 is 0 Å². The largest absolute Gasteiger partial charge is 0.382 e. The zero-order valence-electron chi connectivity index (χ0n) is 11.5. The van der Waals surface area contributed by atoms with Crippen molar-refractivity contribution in [2.45, 2.75) is 83.7 Å². The predicted molar refractivity (Wildman–Crippen MR) is 71.0 cm³/mol. The van der Waals surface area contributed by atoms with Gasteiger partial charge < -0.3 is 5.11 Å². The van der Waals surface area contributed by atoms with Crippen molar-refractivity contribution in [1.29, 1.82) is 0 Å². The van der Waals surface area contributed by atoms with E-state index in [-0.39, 0.29) is 5.78 Å². The van der Waals surface area contributed by atoms with Gasteiger partial charge in [0.1, 0.15) is 5.60 Å². The van der Waals surface area contributed by atoms with E-state index in [1.165, 1.54) is 19.3 Å². The molecule has 0 heterocycles. The van der Waals surface area contributed by atoms with E-state index in [2.05, 4.69) is 13.8 Å². The highest BCUT2D eigenvalue weighted by Gasteiger charge is 2.37. The fourth-order valence-electron chi connectivity index (χ4n) is 2.64. The fourth-order valence-corrected chi connectivity index (χ4v) is 2.64. The predicted octanol–water partition coefficient (Wildman–Crippen LogP) is 3.86. The molecule has 1 rings (SSSR count). The van der Waals surface area contributed by atoms with Crippen LogP contribution in [-0.2, 0) is 4.79 Å². The minimum Gasteiger partial charge on any atom is -0.382 e. The van der Waals surface area contributed by atoms with Crippen molar-refractivity contribution in [3.8, 4) is 0 Å². The van der Waals surface area contributed by atoms with E-state index in [9.17, 15) is 9.90 Å². The number of ketones is 1. The van der Waals surface area contributed by atoms with Crippen LogP contribution >= 0.6 is 0 Å². The van der Waals surface area contributed by atoms with E-state index in [0.717, 1.165) is 25.7 Å². The zero-order chi connectivity index (χ0) is 12.7. The molecule has 0 aromatic carbocycles. The molecule has 0 aromatic rings. The maximum atomic E-state index is 12.0. The van der Waals surface area contributed by atoms with Gasteiger partial charge in [0.15, 0.2) is 5.78 Å². The first-order valence-corrected chi connectivity index (χ1v) is 7.34. The summed E-state index contributed by atoms with van der Waals surface area (Å²) in [6.45, 7) is 4.39. The van der Waals surface area contributed by atoms with Gasteiger partial charge in [-0.3, -0.25) is 4.79 Å². The van der Waals surface area contributed by atoms with Crippen LogP contribution in [0.25, 0.3) is 0 Å². The summed E-state index contributed by atoms with van der Waals surface area (Å²) in [7, 11) is 0. The normalized spacial score (nSPS) is 29.2. The Hall–Kier alpha value is -0.370. The number of hydrogen-bond acceptors (Lipinski definition) is 2. The number of hydrogen-bond donors (Lipinski definition) is 1. The fraction of sp³-hybridized carbons (Fsp3) is 0.933. The first kappa shape index (κ1) is 14.7. The second kappa shape index (κ2) is 7.15. The van der Waals surface area contributed by atoms with E-state index in [1.54, 1.807) is 0 Å². The molecule has 0 aromatic heterocycles.